The molecule has 1 N–H and O–H groups in total. The maximum absolute atomic E-state index is 12.5. The highest BCUT2D eigenvalue weighted by Crippen LogP contribution is 2.34. The van der Waals surface area contributed by atoms with Gasteiger partial charge in [0.1, 0.15) is 4.21 Å². The van der Waals surface area contributed by atoms with Crippen molar-refractivity contribution < 1.29 is 12.9 Å². The van der Waals surface area contributed by atoms with Gasteiger partial charge < -0.3 is 4.52 Å². The summed E-state index contributed by atoms with van der Waals surface area (Å²) in [4.78, 5) is 0.743. The topological polar surface area (TPSA) is 72.2 Å². The fraction of sp³-hybridized carbons (Fsp3) is 0.188. The predicted octanol–water partition coefficient (Wildman–Crippen LogP) is 4.13. The first kappa shape index (κ1) is 15.8. The Balaban J connectivity index is 1.89. The lowest BCUT2D eigenvalue weighted by molar-refractivity contribution is 0.427. The highest BCUT2D eigenvalue weighted by Gasteiger charge is 2.20. The number of hydrogen-bond donors (Lipinski definition) is 1. The first-order valence-electron chi connectivity index (χ1n) is 6.99. The molecule has 0 spiro atoms. The number of aromatic nitrogens is 1. The zero-order valence-electron chi connectivity index (χ0n) is 13.0. The molecule has 0 bridgehead atoms. The lowest BCUT2D eigenvalue weighted by Gasteiger charge is -2.06. The Kier molecular flexibility index (Phi) is 3.99. The SMILES string of the molecule is Cc1ccc(NS(=O)(=O)c2ccc(-c3onc(C)c3C)s2)cc1. The summed E-state index contributed by atoms with van der Waals surface area (Å²) in [5.74, 6) is 0.615. The van der Waals surface area contributed by atoms with Gasteiger partial charge in [0.15, 0.2) is 5.76 Å². The molecule has 0 radical (unpaired) electrons. The van der Waals surface area contributed by atoms with Crippen LogP contribution in [0.2, 0.25) is 0 Å². The van der Waals surface area contributed by atoms with Crippen molar-refractivity contribution >= 4 is 27.0 Å². The fourth-order valence-corrected chi connectivity index (χ4v) is 4.46. The third-order valence-corrected chi connectivity index (χ3v) is 6.49. The average molecular weight is 348 g/mol. The molecule has 0 unspecified atom stereocenters. The van der Waals surface area contributed by atoms with Gasteiger partial charge in [-0.2, -0.15) is 0 Å². The minimum absolute atomic E-state index is 0.238. The Labute approximate surface area is 139 Å². The van der Waals surface area contributed by atoms with Crippen LogP contribution in [0.25, 0.3) is 10.6 Å². The maximum Gasteiger partial charge on any atom is 0.271 e. The van der Waals surface area contributed by atoms with Crippen molar-refractivity contribution in [2.24, 2.45) is 0 Å². The van der Waals surface area contributed by atoms with Crippen LogP contribution in [0.15, 0.2) is 45.1 Å². The monoisotopic (exact) mass is 348 g/mol. The van der Waals surface area contributed by atoms with Gasteiger partial charge in [-0.15, -0.1) is 11.3 Å². The van der Waals surface area contributed by atoms with E-state index in [0.717, 1.165) is 33.0 Å². The van der Waals surface area contributed by atoms with E-state index in [1.165, 1.54) is 0 Å². The Morgan fingerprint density at radius 2 is 1.74 bits per heavy atom. The van der Waals surface area contributed by atoms with Crippen LogP contribution in [0.3, 0.4) is 0 Å². The summed E-state index contributed by atoms with van der Waals surface area (Å²) in [6, 6.07) is 10.5. The lowest BCUT2D eigenvalue weighted by atomic mass is 10.2. The van der Waals surface area contributed by atoms with Crippen LogP contribution in [0.5, 0.6) is 0 Å². The van der Waals surface area contributed by atoms with Gasteiger partial charge in [0.05, 0.1) is 10.6 Å². The van der Waals surface area contributed by atoms with Gasteiger partial charge in [0.25, 0.3) is 10.0 Å². The summed E-state index contributed by atoms with van der Waals surface area (Å²) in [5, 5.41) is 3.91. The molecule has 7 heteroatoms. The number of nitrogens with one attached hydrogen (secondary N) is 1. The molecular weight excluding hydrogens is 332 g/mol. The third-order valence-electron chi connectivity index (χ3n) is 3.53. The minimum Gasteiger partial charge on any atom is -0.355 e. The van der Waals surface area contributed by atoms with Crippen molar-refractivity contribution in [2.45, 2.75) is 25.0 Å². The molecule has 0 aliphatic heterocycles. The number of hydrogen-bond acceptors (Lipinski definition) is 5. The Morgan fingerprint density at radius 3 is 2.35 bits per heavy atom. The molecule has 1 aromatic carbocycles. The van der Waals surface area contributed by atoms with Crippen LogP contribution in [-0.4, -0.2) is 13.6 Å². The van der Waals surface area contributed by atoms with E-state index in [-0.39, 0.29) is 4.21 Å². The molecule has 0 aliphatic rings. The van der Waals surface area contributed by atoms with Crippen LogP contribution in [0, 0.1) is 20.8 Å². The number of aryl methyl sites for hydroxylation is 2. The summed E-state index contributed by atoms with van der Waals surface area (Å²) >= 11 is 1.16. The van der Waals surface area contributed by atoms with Crippen LogP contribution in [-0.2, 0) is 10.0 Å². The number of nitrogens with zero attached hydrogens (tertiary/aromatic N) is 1. The molecule has 5 nitrogen and oxygen atoms in total. The number of rotatable bonds is 4. The van der Waals surface area contributed by atoms with Gasteiger partial charge in [0, 0.05) is 11.3 Å². The molecule has 120 valence electrons. The van der Waals surface area contributed by atoms with E-state index in [0.29, 0.717) is 11.4 Å². The van der Waals surface area contributed by atoms with E-state index in [9.17, 15) is 8.42 Å². The van der Waals surface area contributed by atoms with Gasteiger partial charge in [0.2, 0.25) is 0 Å². The molecule has 0 saturated carbocycles. The summed E-state index contributed by atoms with van der Waals surface area (Å²) in [6.07, 6.45) is 0. The number of sulfonamides is 1. The van der Waals surface area contributed by atoms with Gasteiger partial charge >= 0.3 is 0 Å². The first-order chi connectivity index (χ1) is 10.9. The van der Waals surface area contributed by atoms with E-state index in [2.05, 4.69) is 9.88 Å². The average Bonchev–Trinajstić information content (AvgIpc) is 3.10. The van der Waals surface area contributed by atoms with Gasteiger partial charge in [-0.1, -0.05) is 22.9 Å². The quantitative estimate of drug-likeness (QED) is 0.769. The number of benzene rings is 1. The summed E-state index contributed by atoms with van der Waals surface area (Å²) in [6.45, 7) is 5.71. The molecule has 3 rings (SSSR count). The number of anilines is 1. The van der Waals surface area contributed by atoms with Gasteiger partial charge in [-0.05, 0) is 45.0 Å². The van der Waals surface area contributed by atoms with Crippen molar-refractivity contribution in [2.75, 3.05) is 4.72 Å². The van der Waals surface area contributed by atoms with Crippen LogP contribution >= 0.6 is 11.3 Å². The highest BCUT2D eigenvalue weighted by molar-refractivity contribution is 7.94. The number of thiophene rings is 1. The van der Waals surface area contributed by atoms with E-state index in [1.807, 2.05) is 32.9 Å². The summed E-state index contributed by atoms with van der Waals surface area (Å²) in [7, 11) is -3.61. The molecule has 0 atom stereocenters. The molecule has 3 aromatic rings. The first-order valence-corrected chi connectivity index (χ1v) is 9.29. The van der Waals surface area contributed by atoms with Gasteiger partial charge in [-0.3, -0.25) is 4.72 Å². The second-order valence-electron chi connectivity index (χ2n) is 5.31. The molecule has 0 saturated heterocycles. The fourth-order valence-electron chi connectivity index (χ4n) is 2.06. The van der Waals surface area contributed by atoms with E-state index in [1.54, 1.807) is 24.3 Å². The smallest absolute Gasteiger partial charge is 0.271 e. The highest BCUT2D eigenvalue weighted by atomic mass is 32.2. The predicted molar refractivity (Wildman–Crippen MR) is 91.3 cm³/mol. The van der Waals surface area contributed by atoms with Crippen molar-refractivity contribution in [3.8, 4) is 10.6 Å². The van der Waals surface area contributed by atoms with Crippen LogP contribution in [0.1, 0.15) is 16.8 Å². The second-order valence-corrected chi connectivity index (χ2v) is 8.31. The van der Waals surface area contributed by atoms with Crippen LogP contribution in [0.4, 0.5) is 5.69 Å². The Bertz CT molecular complexity index is 938. The van der Waals surface area contributed by atoms with Crippen molar-refractivity contribution in [1.29, 1.82) is 0 Å². The molecule has 0 aliphatic carbocycles. The second kappa shape index (κ2) is 5.82. The van der Waals surface area contributed by atoms with E-state index in [4.69, 9.17) is 4.52 Å². The van der Waals surface area contributed by atoms with E-state index < -0.39 is 10.0 Å². The molecule has 0 amide bonds. The maximum atomic E-state index is 12.5. The lowest BCUT2D eigenvalue weighted by Crippen LogP contribution is -2.11. The largest absolute Gasteiger partial charge is 0.355 e. The van der Waals surface area contributed by atoms with Crippen LogP contribution < -0.4 is 4.72 Å². The molecule has 2 heterocycles. The van der Waals surface area contributed by atoms with E-state index >= 15 is 0 Å². The van der Waals surface area contributed by atoms with Crippen molar-refractivity contribution in [1.82, 2.24) is 5.16 Å². The van der Waals surface area contributed by atoms with Crippen molar-refractivity contribution in [3.05, 3.63) is 53.2 Å². The van der Waals surface area contributed by atoms with Gasteiger partial charge in [-0.25, -0.2) is 8.42 Å². The summed E-state index contributed by atoms with van der Waals surface area (Å²) < 4.78 is 33.1. The Hall–Kier alpha value is -2.12. The molecule has 23 heavy (non-hydrogen) atoms. The third kappa shape index (κ3) is 3.16. The molecular formula is C16H16N2O3S2. The normalized spacial score (nSPS) is 11.6. The molecule has 0 fully saturated rings. The zero-order valence-corrected chi connectivity index (χ0v) is 14.6. The minimum atomic E-state index is -3.61. The molecule has 2 aromatic heterocycles. The Morgan fingerprint density at radius 1 is 1.04 bits per heavy atom. The summed E-state index contributed by atoms with van der Waals surface area (Å²) in [5.41, 5.74) is 3.33. The zero-order chi connectivity index (χ0) is 16.6. The van der Waals surface area contributed by atoms with Crippen molar-refractivity contribution in [3.63, 3.8) is 0 Å². The standard InChI is InChI=1S/C16H16N2O3S2/c1-10-4-6-13(7-5-10)18-23(19,20)15-9-8-14(22-15)16-11(2)12(3)17-21-16/h4-9,18H,1-3H3.